The molecule has 2 aliphatic heterocycles. The summed E-state index contributed by atoms with van der Waals surface area (Å²) in [4.78, 5) is 11.6. The van der Waals surface area contributed by atoms with Crippen molar-refractivity contribution in [1.29, 1.82) is 0 Å². The van der Waals surface area contributed by atoms with E-state index in [9.17, 15) is 0 Å². The zero-order chi connectivity index (χ0) is 33.9. The predicted octanol–water partition coefficient (Wildman–Crippen LogP) is 12.3. The number of amidine groups is 2. The molecule has 0 saturated carbocycles. The molecular weight excluding hydrogens is 663 g/mol. The first kappa shape index (κ1) is 29.9. The summed E-state index contributed by atoms with van der Waals surface area (Å²) in [7, 11) is 0. The van der Waals surface area contributed by atoms with E-state index < -0.39 is 6.17 Å². The number of rotatable bonds is 4. The number of hydrogen-bond acceptors (Lipinski definition) is 6. The van der Waals surface area contributed by atoms with E-state index in [4.69, 9.17) is 14.4 Å². The summed E-state index contributed by atoms with van der Waals surface area (Å²) in [5.74, 6) is 1.56. The van der Waals surface area contributed by atoms with Gasteiger partial charge in [-0.1, -0.05) is 128 Å². The molecule has 4 nitrogen and oxygen atoms in total. The fraction of sp³-hybridized carbons (Fsp3) is 0.0222. The molecule has 51 heavy (non-hydrogen) atoms. The summed E-state index contributed by atoms with van der Waals surface area (Å²) in [5, 5.41) is 10.4. The topological polar surface area (TPSA) is 49.9 Å². The van der Waals surface area contributed by atoms with Crippen molar-refractivity contribution in [2.75, 3.05) is 0 Å². The molecule has 0 saturated heterocycles. The molecule has 0 aliphatic carbocycles. The molecule has 10 rings (SSSR count). The van der Waals surface area contributed by atoms with E-state index in [-0.39, 0.29) is 0 Å². The molecule has 2 aliphatic rings. The summed E-state index contributed by atoms with van der Waals surface area (Å²) in [6.45, 7) is 4.36. The molecule has 1 unspecified atom stereocenters. The molecule has 6 heteroatoms. The highest BCUT2D eigenvalue weighted by atomic mass is 32.2. The van der Waals surface area contributed by atoms with Gasteiger partial charge in [-0.25, -0.2) is 9.98 Å². The van der Waals surface area contributed by atoms with E-state index in [0.29, 0.717) is 0 Å². The van der Waals surface area contributed by atoms with Crippen molar-refractivity contribution in [3.8, 4) is 11.1 Å². The first-order valence-corrected chi connectivity index (χ1v) is 18.5. The summed E-state index contributed by atoms with van der Waals surface area (Å²) in [5.41, 5.74) is 9.13. The molecule has 0 spiro atoms. The number of thioether (sulfide) groups is 1. The number of allylic oxidation sites excluding steroid dienone is 4. The molecule has 0 bridgehead atoms. The number of fused-ring (bicyclic) bond motifs is 7. The Morgan fingerprint density at radius 2 is 1.39 bits per heavy atom. The van der Waals surface area contributed by atoms with Crippen LogP contribution in [0.2, 0.25) is 0 Å². The van der Waals surface area contributed by atoms with Crippen molar-refractivity contribution in [3.63, 3.8) is 0 Å². The lowest BCUT2D eigenvalue weighted by Crippen LogP contribution is -2.36. The predicted molar refractivity (Wildman–Crippen MR) is 217 cm³/mol. The van der Waals surface area contributed by atoms with Gasteiger partial charge in [-0.2, -0.15) is 0 Å². The van der Waals surface area contributed by atoms with Crippen LogP contribution in [0.25, 0.3) is 58.8 Å². The van der Waals surface area contributed by atoms with Crippen molar-refractivity contribution in [3.05, 3.63) is 180 Å². The number of hydrogen-bond donors (Lipinski definition) is 1. The quantitative estimate of drug-likeness (QED) is 0.200. The lowest BCUT2D eigenvalue weighted by Gasteiger charge is -2.22. The molecule has 0 amide bonds. The van der Waals surface area contributed by atoms with Crippen LogP contribution in [-0.4, -0.2) is 11.7 Å². The van der Waals surface area contributed by atoms with Crippen molar-refractivity contribution in [2.24, 2.45) is 9.98 Å². The third kappa shape index (κ3) is 5.14. The fourth-order valence-corrected chi connectivity index (χ4v) is 9.22. The van der Waals surface area contributed by atoms with Gasteiger partial charge in [-0.15, -0.1) is 11.3 Å². The molecule has 0 fully saturated rings. The van der Waals surface area contributed by atoms with Crippen molar-refractivity contribution in [2.45, 2.75) is 11.1 Å². The maximum absolute atomic E-state index is 6.48. The lowest BCUT2D eigenvalue weighted by molar-refractivity contribution is 0.669. The van der Waals surface area contributed by atoms with Gasteiger partial charge < -0.3 is 9.73 Å². The second-order valence-electron chi connectivity index (χ2n) is 12.7. The molecule has 0 radical (unpaired) electrons. The SMILES string of the molecule is C=C1C=CC=CSc2c1cccc2-c1cccc2oc3ccc(C4=NC(c5ccc6c(c5)sc5ccccc56)N=C(c5ccccc5)N4)cc3c12. The van der Waals surface area contributed by atoms with Gasteiger partial charge in [0.25, 0.3) is 0 Å². The molecule has 1 N–H and O–H groups in total. The minimum atomic E-state index is -0.408. The van der Waals surface area contributed by atoms with E-state index in [1.165, 1.54) is 25.1 Å². The zero-order valence-electron chi connectivity index (χ0n) is 27.3. The molecule has 4 heterocycles. The van der Waals surface area contributed by atoms with E-state index >= 15 is 0 Å². The molecule has 6 aromatic carbocycles. The Hall–Kier alpha value is -5.95. The minimum Gasteiger partial charge on any atom is -0.456 e. The molecule has 2 aromatic heterocycles. The van der Waals surface area contributed by atoms with Gasteiger partial charge in [0.15, 0.2) is 6.17 Å². The number of benzene rings is 6. The maximum Gasteiger partial charge on any atom is 0.169 e. The highest BCUT2D eigenvalue weighted by Crippen LogP contribution is 2.44. The Kier molecular flexibility index (Phi) is 7.11. The van der Waals surface area contributed by atoms with Gasteiger partial charge in [0, 0.05) is 47.0 Å². The van der Waals surface area contributed by atoms with E-state index in [0.717, 1.165) is 72.6 Å². The Morgan fingerprint density at radius 1 is 0.608 bits per heavy atom. The van der Waals surface area contributed by atoms with Crippen LogP contribution in [0.5, 0.6) is 0 Å². The van der Waals surface area contributed by atoms with Crippen LogP contribution in [0.3, 0.4) is 0 Å². The smallest absolute Gasteiger partial charge is 0.169 e. The van der Waals surface area contributed by atoms with Gasteiger partial charge in [0.05, 0.1) is 0 Å². The van der Waals surface area contributed by atoms with Crippen LogP contribution in [-0.2, 0) is 0 Å². The monoisotopic (exact) mass is 691 g/mol. The van der Waals surface area contributed by atoms with Crippen LogP contribution in [0, 0.1) is 0 Å². The Labute approximate surface area is 302 Å². The normalized spacial score (nSPS) is 15.8. The second-order valence-corrected chi connectivity index (χ2v) is 14.7. The second kappa shape index (κ2) is 12.1. The Balaban J connectivity index is 1.12. The number of furan rings is 1. The zero-order valence-corrected chi connectivity index (χ0v) is 29.0. The van der Waals surface area contributed by atoms with E-state index in [2.05, 4.69) is 139 Å². The maximum atomic E-state index is 6.48. The molecular formula is C45H29N3OS2. The molecule has 8 aromatic rings. The Morgan fingerprint density at radius 3 is 2.31 bits per heavy atom. The van der Waals surface area contributed by atoms with E-state index in [1.807, 2.05) is 35.6 Å². The van der Waals surface area contributed by atoms with Gasteiger partial charge in [0.1, 0.15) is 22.8 Å². The summed E-state index contributed by atoms with van der Waals surface area (Å²) in [6.07, 6.45) is 5.76. The third-order valence-electron chi connectivity index (χ3n) is 9.58. The van der Waals surface area contributed by atoms with Crippen LogP contribution in [0.4, 0.5) is 0 Å². The summed E-state index contributed by atoms with van der Waals surface area (Å²) < 4.78 is 9.00. The van der Waals surface area contributed by atoms with E-state index in [1.54, 1.807) is 11.8 Å². The summed E-state index contributed by atoms with van der Waals surface area (Å²) >= 11 is 3.54. The number of nitrogens with zero attached hydrogens (tertiary/aromatic N) is 2. The van der Waals surface area contributed by atoms with Gasteiger partial charge >= 0.3 is 0 Å². The summed E-state index contributed by atoms with van der Waals surface area (Å²) in [6, 6.07) is 44.7. The van der Waals surface area contributed by atoms with Gasteiger partial charge in [-0.3, -0.25) is 0 Å². The highest BCUT2D eigenvalue weighted by molar-refractivity contribution is 8.02. The number of nitrogens with one attached hydrogen (secondary N) is 1. The molecule has 1 atom stereocenters. The van der Waals surface area contributed by atoms with Crippen molar-refractivity contribution >= 4 is 82.5 Å². The first-order chi connectivity index (χ1) is 25.2. The minimum absolute atomic E-state index is 0.408. The molecule has 242 valence electrons. The van der Waals surface area contributed by atoms with Crippen LogP contribution in [0.15, 0.2) is 177 Å². The van der Waals surface area contributed by atoms with Crippen molar-refractivity contribution < 1.29 is 4.42 Å². The van der Waals surface area contributed by atoms with Crippen LogP contribution < -0.4 is 5.32 Å². The van der Waals surface area contributed by atoms with Crippen LogP contribution >= 0.6 is 23.1 Å². The largest absolute Gasteiger partial charge is 0.456 e. The lowest BCUT2D eigenvalue weighted by atomic mass is 9.95. The highest BCUT2D eigenvalue weighted by Gasteiger charge is 2.23. The van der Waals surface area contributed by atoms with Gasteiger partial charge in [0.2, 0.25) is 0 Å². The third-order valence-corrected chi connectivity index (χ3v) is 11.7. The number of thiophene rings is 1. The average Bonchev–Trinajstić information content (AvgIpc) is 3.74. The van der Waals surface area contributed by atoms with Crippen LogP contribution in [0.1, 0.15) is 28.4 Å². The van der Waals surface area contributed by atoms with Crippen molar-refractivity contribution in [1.82, 2.24) is 5.32 Å². The average molecular weight is 692 g/mol. The number of aliphatic imine (C=N–C) groups is 2. The first-order valence-electron chi connectivity index (χ1n) is 16.9. The fourth-order valence-electron chi connectivity index (χ4n) is 7.13. The Bertz CT molecular complexity index is 2840. The van der Waals surface area contributed by atoms with Gasteiger partial charge in [-0.05, 0) is 69.6 Å². The standard InChI is InChI=1S/C45H29N3OS2/c1-27-11-7-8-24-50-42-31(27)15-9-17-35(42)34-16-10-18-38-41(34)36-25-29(21-23-37(36)49-38)44-46-43(28-12-3-2-4-13-28)47-45(48-44)30-20-22-33-32-14-5-6-19-39(32)51-40(33)26-30/h2-26,45H,1H2,(H,46,47,48).